The fraction of sp³-hybridized carbons (Fsp3) is 0.235. The molecule has 0 N–H and O–H groups in total. The quantitative estimate of drug-likeness (QED) is 0.807. The number of hydrogen-bond acceptors (Lipinski definition) is 2. The number of carbonyl (C=O) groups excluding carboxylic acids is 1. The van der Waals surface area contributed by atoms with Crippen LogP contribution in [0.25, 0.3) is 11.1 Å². The Morgan fingerprint density at radius 3 is 2.70 bits per heavy atom. The number of methoxy groups -OCH3 is 1. The predicted octanol–water partition coefficient (Wildman–Crippen LogP) is 4.54. The van der Waals surface area contributed by atoms with E-state index in [-0.39, 0.29) is 5.78 Å². The van der Waals surface area contributed by atoms with Gasteiger partial charge in [0.2, 0.25) is 0 Å². The second kappa shape index (κ2) is 6.58. The first-order valence-corrected chi connectivity index (χ1v) is 6.90. The molecule has 0 aliphatic carbocycles. The van der Waals surface area contributed by atoms with Gasteiger partial charge in [-0.05, 0) is 42.7 Å². The van der Waals surface area contributed by atoms with E-state index in [4.69, 9.17) is 16.3 Å². The van der Waals surface area contributed by atoms with Crippen molar-refractivity contribution in [3.8, 4) is 16.9 Å². The zero-order valence-electron chi connectivity index (χ0n) is 11.7. The molecule has 0 amide bonds. The van der Waals surface area contributed by atoms with Gasteiger partial charge in [0.05, 0.1) is 7.11 Å². The average molecular weight is 289 g/mol. The molecule has 0 fully saturated rings. The fourth-order valence-electron chi connectivity index (χ4n) is 2.12. The lowest BCUT2D eigenvalue weighted by molar-refractivity contribution is -0.116. The summed E-state index contributed by atoms with van der Waals surface area (Å²) < 4.78 is 5.38. The molecule has 0 heterocycles. The molecular formula is C17H17ClO2. The Morgan fingerprint density at radius 2 is 2.00 bits per heavy atom. The van der Waals surface area contributed by atoms with Gasteiger partial charge in [-0.15, -0.1) is 0 Å². The molecule has 0 aliphatic heterocycles. The summed E-state index contributed by atoms with van der Waals surface area (Å²) >= 11 is 6.07. The van der Waals surface area contributed by atoms with Crippen molar-refractivity contribution < 1.29 is 9.53 Å². The van der Waals surface area contributed by atoms with Crippen LogP contribution in [0, 0.1) is 0 Å². The number of benzene rings is 2. The standard InChI is InChI=1S/C17H17ClO2/c1-12(19)6-7-13-4-3-5-14(10-13)16-11-15(18)8-9-17(16)20-2/h3-5,8-11H,6-7H2,1-2H3. The maximum Gasteiger partial charge on any atom is 0.130 e. The van der Waals surface area contributed by atoms with Crippen molar-refractivity contribution in [1.29, 1.82) is 0 Å². The summed E-state index contributed by atoms with van der Waals surface area (Å²) in [4.78, 5) is 11.1. The van der Waals surface area contributed by atoms with E-state index in [1.807, 2.05) is 36.4 Å². The largest absolute Gasteiger partial charge is 0.496 e. The minimum Gasteiger partial charge on any atom is -0.496 e. The third-order valence-corrected chi connectivity index (χ3v) is 3.40. The van der Waals surface area contributed by atoms with Gasteiger partial charge in [0, 0.05) is 17.0 Å². The van der Waals surface area contributed by atoms with Crippen LogP contribution in [0.4, 0.5) is 0 Å². The van der Waals surface area contributed by atoms with Gasteiger partial charge in [0.1, 0.15) is 11.5 Å². The van der Waals surface area contributed by atoms with E-state index in [1.165, 1.54) is 0 Å². The van der Waals surface area contributed by atoms with Crippen LogP contribution in [0.5, 0.6) is 5.75 Å². The zero-order chi connectivity index (χ0) is 14.5. The molecule has 2 nitrogen and oxygen atoms in total. The van der Waals surface area contributed by atoms with Gasteiger partial charge < -0.3 is 9.53 Å². The van der Waals surface area contributed by atoms with Gasteiger partial charge in [-0.3, -0.25) is 0 Å². The SMILES string of the molecule is COc1ccc(Cl)cc1-c1cccc(CCC(C)=O)c1. The molecule has 0 bridgehead atoms. The first kappa shape index (κ1) is 14.6. The van der Waals surface area contributed by atoms with E-state index < -0.39 is 0 Å². The highest BCUT2D eigenvalue weighted by molar-refractivity contribution is 6.31. The number of carbonyl (C=O) groups is 1. The minimum absolute atomic E-state index is 0.204. The highest BCUT2D eigenvalue weighted by atomic mass is 35.5. The van der Waals surface area contributed by atoms with Crippen molar-refractivity contribution in [2.75, 3.05) is 7.11 Å². The summed E-state index contributed by atoms with van der Waals surface area (Å²) in [7, 11) is 1.65. The first-order valence-electron chi connectivity index (χ1n) is 6.52. The Balaban J connectivity index is 2.35. The van der Waals surface area contributed by atoms with Crippen molar-refractivity contribution in [2.24, 2.45) is 0 Å². The maximum absolute atomic E-state index is 11.1. The Kier molecular flexibility index (Phi) is 4.80. The normalized spacial score (nSPS) is 10.3. The molecule has 0 unspecified atom stereocenters. The van der Waals surface area contributed by atoms with Crippen LogP contribution in [0.1, 0.15) is 18.9 Å². The van der Waals surface area contributed by atoms with Crippen LogP contribution in [0.2, 0.25) is 5.02 Å². The van der Waals surface area contributed by atoms with Crippen molar-refractivity contribution in [3.63, 3.8) is 0 Å². The lowest BCUT2D eigenvalue weighted by Gasteiger charge is -2.10. The van der Waals surface area contributed by atoms with Crippen molar-refractivity contribution in [2.45, 2.75) is 19.8 Å². The molecule has 2 aromatic rings. The summed E-state index contributed by atoms with van der Waals surface area (Å²) in [5.41, 5.74) is 3.15. The molecular weight excluding hydrogens is 272 g/mol. The second-order valence-electron chi connectivity index (χ2n) is 4.75. The molecule has 0 saturated heterocycles. The Hall–Kier alpha value is -1.80. The molecule has 2 rings (SSSR count). The van der Waals surface area contributed by atoms with Crippen molar-refractivity contribution >= 4 is 17.4 Å². The molecule has 0 saturated carbocycles. The van der Waals surface area contributed by atoms with Crippen LogP contribution in [0.3, 0.4) is 0 Å². The number of rotatable bonds is 5. The van der Waals surface area contributed by atoms with E-state index in [9.17, 15) is 4.79 Å². The molecule has 0 aromatic heterocycles. The zero-order valence-corrected chi connectivity index (χ0v) is 12.4. The number of ketones is 1. The number of hydrogen-bond donors (Lipinski definition) is 0. The fourth-order valence-corrected chi connectivity index (χ4v) is 2.29. The first-order chi connectivity index (χ1) is 9.60. The summed E-state index contributed by atoms with van der Waals surface area (Å²) in [6, 6.07) is 13.7. The highest BCUT2D eigenvalue weighted by Crippen LogP contribution is 2.32. The van der Waals surface area contributed by atoms with Gasteiger partial charge in [-0.2, -0.15) is 0 Å². The molecule has 20 heavy (non-hydrogen) atoms. The molecule has 0 spiro atoms. The molecule has 2 aromatic carbocycles. The monoisotopic (exact) mass is 288 g/mol. The number of halogens is 1. The number of Topliss-reactive ketones (excluding diaryl/α,β-unsaturated/α-hetero) is 1. The minimum atomic E-state index is 0.204. The van der Waals surface area contributed by atoms with Crippen LogP contribution in [-0.4, -0.2) is 12.9 Å². The Labute approximate surface area is 124 Å². The Bertz CT molecular complexity index is 620. The van der Waals surface area contributed by atoms with Crippen LogP contribution in [0.15, 0.2) is 42.5 Å². The summed E-state index contributed by atoms with van der Waals surface area (Å²) in [6.07, 6.45) is 1.32. The van der Waals surface area contributed by atoms with Crippen LogP contribution in [-0.2, 0) is 11.2 Å². The topological polar surface area (TPSA) is 26.3 Å². The van der Waals surface area contributed by atoms with Crippen molar-refractivity contribution in [3.05, 3.63) is 53.1 Å². The summed E-state index contributed by atoms with van der Waals surface area (Å²) in [6.45, 7) is 1.61. The van der Waals surface area contributed by atoms with Gasteiger partial charge >= 0.3 is 0 Å². The summed E-state index contributed by atoms with van der Waals surface area (Å²) in [5, 5.41) is 0.676. The van der Waals surface area contributed by atoms with Crippen molar-refractivity contribution in [1.82, 2.24) is 0 Å². The van der Waals surface area contributed by atoms with Gasteiger partial charge in [0.25, 0.3) is 0 Å². The number of aryl methyl sites for hydroxylation is 1. The van der Waals surface area contributed by atoms with Crippen LogP contribution < -0.4 is 4.74 Å². The molecule has 0 aliphatic rings. The van der Waals surface area contributed by atoms with Crippen LogP contribution >= 0.6 is 11.6 Å². The van der Waals surface area contributed by atoms with Gasteiger partial charge in [-0.25, -0.2) is 0 Å². The predicted molar refractivity (Wildman–Crippen MR) is 82.4 cm³/mol. The Morgan fingerprint density at radius 1 is 1.20 bits per heavy atom. The van der Waals surface area contributed by atoms with E-state index in [2.05, 4.69) is 6.07 Å². The average Bonchev–Trinajstić information content (AvgIpc) is 2.45. The van der Waals surface area contributed by atoms with E-state index in [0.717, 1.165) is 28.9 Å². The third kappa shape index (κ3) is 3.61. The number of ether oxygens (including phenoxy) is 1. The second-order valence-corrected chi connectivity index (χ2v) is 5.18. The molecule has 104 valence electrons. The molecule has 0 radical (unpaired) electrons. The maximum atomic E-state index is 11.1. The summed E-state index contributed by atoms with van der Waals surface area (Å²) in [5.74, 6) is 0.994. The van der Waals surface area contributed by atoms with E-state index in [1.54, 1.807) is 14.0 Å². The van der Waals surface area contributed by atoms with E-state index >= 15 is 0 Å². The van der Waals surface area contributed by atoms with Gasteiger partial charge in [0.15, 0.2) is 0 Å². The van der Waals surface area contributed by atoms with Gasteiger partial charge in [-0.1, -0.05) is 35.9 Å². The lowest BCUT2D eigenvalue weighted by atomic mass is 10.00. The lowest BCUT2D eigenvalue weighted by Crippen LogP contribution is -1.94. The molecule has 3 heteroatoms. The van der Waals surface area contributed by atoms with E-state index in [0.29, 0.717) is 11.4 Å². The highest BCUT2D eigenvalue weighted by Gasteiger charge is 2.07. The third-order valence-electron chi connectivity index (χ3n) is 3.17. The molecule has 0 atom stereocenters. The smallest absolute Gasteiger partial charge is 0.130 e.